The fourth-order valence-corrected chi connectivity index (χ4v) is 2.87. The van der Waals surface area contributed by atoms with Gasteiger partial charge in [-0.25, -0.2) is 9.69 Å². The summed E-state index contributed by atoms with van der Waals surface area (Å²) in [5, 5.41) is 2.21. The topological polar surface area (TPSA) is 84.9 Å². The Morgan fingerprint density at radius 1 is 1.00 bits per heavy atom. The van der Waals surface area contributed by atoms with E-state index in [1.54, 1.807) is 48.5 Å². The van der Waals surface area contributed by atoms with E-state index in [2.05, 4.69) is 18.2 Å². The zero-order chi connectivity index (χ0) is 22.2. The molecule has 1 aliphatic heterocycles. The zero-order valence-electron chi connectivity index (χ0n) is 17.1. The number of hydrogen-bond acceptors (Lipinski definition) is 5. The number of rotatable bonds is 8. The van der Waals surface area contributed by atoms with E-state index < -0.39 is 17.8 Å². The van der Waals surface area contributed by atoms with E-state index in [9.17, 15) is 14.4 Å². The molecule has 7 heteroatoms. The highest BCUT2D eigenvalue weighted by atomic mass is 16.5. The van der Waals surface area contributed by atoms with Crippen LogP contribution in [-0.4, -0.2) is 31.1 Å². The van der Waals surface area contributed by atoms with Crippen molar-refractivity contribution in [3.8, 4) is 23.8 Å². The average molecular weight is 418 g/mol. The van der Waals surface area contributed by atoms with Gasteiger partial charge in [-0.05, 0) is 54.5 Å². The first-order chi connectivity index (χ1) is 15.0. The van der Waals surface area contributed by atoms with Crippen LogP contribution in [0.3, 0.4) is 0 Å². The minimum atomic E-state index is -0.801. The summed E-state index contributed by atoms with van der Waals surface area (Å²) in [5.41, 5.74) is 0.780. The van der Waals surface area contributed by atoms with E-state index in [1.807, 2.05) is 0 Å². The van der Waals surface area contributed by atoms with E-state index in [0.29, 0.717) is 29.4 Å². The smallest absolute Gasteiger partial charge is 0.335 e. The van der Waals surface area contributed by atoms with Crippen LogP contribution in [0.5, 0.6) is 11.5 Å². The molecule has 0 spiro atoms. The van der Waals surface area contributed by atoms with Crippen LogP contribution in [0, 0.1) is 12.3 Å². The Hall–Kier alpha value is -4.05. The maximum Gasteiger partial charge on any atom is 0.335 e. The van der Waals surface area contributed by atoms with Gasteiger partial charge in [0.25, 0.3) is 11.8 Å². The molecule has 2 aromatic carbocycles. The highest BCUT2D eigenvalue weighted by Gasteiger charge is 2.36. The standard InChI is InChI=1S/C24H22N2O5/c1-3-5-15-31-20-12-8-18(9-13-20)26-23(28)21(22(27)25-24(26)29)16-17-6-10-19(11-7-17)30-14-4-2/h2,6-13,16H,3,5,14-15H2,1H3,(H,25,27,29)/b21-16-. The number of amides is 4. The van der Waals surface area contributed by atoms with Crippen molar-refractivity contribution in [2.75, 3.05) is 18.1 Å². The number of terminal acetylenes is 1. The second-order valence-electron chi connectivity index (χ2n) is 6.72. The number of barbiturate groups is 1. The molecule has 1 heterocycles. The van der Waals surface area contributed by atoms with Gasteiger partial charge in [0.05, 0.1) is 12.3 Å². The molecule has 1 fully saturated rings. The number of hydrogen-bond donors (Lipinski definition) is 1. The Labute approximate surface area is 180 Å². The van der Waals surface area contributed by atoms with Crippen LogP contribution in [0.2, 0.25) is 0 Å². The van der Waals surface area contributed by atoms with Crippen LogP contribution in [0.15, 0.2) is 54.1 Å². The third-order valence-electron chi connectivity index (χ3n) is 4.48. The van der Waals surface area contributed by atoms with E-state index in [1.165, 1.54) is 6.08 Å². The number of unbranched alkanes of at least 4 members (excludes halogenated alkanes) is 1. The third kappa shape index (κ3) is 5.31. The quantitative estimate of drug-likeness (QED) is 0.307. The number of benzene rings is 2. The molecule has 31 heavy (non-hydrogen) atoms. The van der Waals surface area contributed by atoms with Gasteiger partial charge in [-0.2, -0.15) is 0 Å². The Kier molecular flexibility index (Phi) is 7.07. The van der Waals surface area contributed by atoms with Gasteiger partial charge in [-0.1, -0.05) is 31.4 Å². The first-order valence-corrected chi connectivity index (χ1v) is 9.84. The van der Waals surface area contributed by atoms with Crippen molar-refractivity contribution in [2.45, 2.75) is 19.8 Å². The van der Waals surface area contributed by atoms with Gasteiger partial charge < -0.3 is 9.47 Å². The second-order valence-corrected chi connectivity index (χ2v) is 6.72. The average Bonchev–Trinajstić information content (AvgIpc) is 2.77. The normalized spacial score (nSPS) is 14.9. The molecule has 0 saturated carbocycles. The Morgan fingerprint density at radius 2 is 1.65 bits per heavy atom. The highest BCUT2D eigenvalue weighted by molar-refractivity contribution is 6.39. The Balaban J connectivity index is 1.80. The van der Waals surface area contributed by atoms with Crippen molar-refractivity contribution in [3.05, 3.63) is 59.7 Å². The fraction of sp³-hybridized carbons (Fsp3) is 0.208. The molecule has 0 aliphatic carbocycles. The fourth-order valence-electron chi connectivity index (χ4n) is 2.87. The number of carbonyl (C=O) groups excluding carboxylic acids is 3. The Morgan fingerprint density at radius 3 is 2.29 bits per heavy atom. The lowest BCUT2D eigenvalue weighted by atomic mass is 10.1. The van der Waals surface area contributed by atoms with Gasteiger partial charge in [-0.15, -0.1) is 6.42 Å². The molecule has 0 radical (unpaired) electrons. The largest absolute Gasteiger partial charge is 0.494 e. The zero-order valence-corrected chi connectivity index (χ0v) is 17.1. The van der Waals surface area contributed by atoms with Crippen molar-refractivity contribution < 1.29 is 23.9 Å². The summed E-state index contributed by atoms with van der Waals surface area (Å²) in [7, 11) is 0. The first-order valence-electron chi connectivity index (χ1n) is 9.84. The molecule has 4 amide bonds. The van der Waals surface area contributed by atoms with Crippen LogP contribution in [0.25, 0.3) is 6.08 Å². The molecule has 7 nitrogen and oxygen atoms in total. The van der Waals surface area contributed by atoms with Crippen LogP contribution in [0.1, 0.15) is 25.3 Å². The predicted octanol–water partition coefficient (Wildman–Crippen LogP) is 3.54. The molecule has 0 aromatic heterocycles. The predicted molar refractivity (Wildman–Crippen MR) is 117 cm³/mol. The van der Waals surface area contributed by atoms with Crippen LogP contribution in [-0.2, 0) is 9.59 Å². The van der Waals surface area contributed by atoms with Crippen molar-refractivity contribution in [1.29, 1.82) is 0 Å². The molecule has 1 aliphatic rings. The van der Waals surface area contributed by atoms with Gasteiger partial charge >= 0.3 is 6.03 Å². The monoisotopic (exact) mass is 418 g/mol. The molecule has 158 valence electrons. The summed E-state index contributed by atoms with van der Waals surface area (Å²) in [5.74, 6) is 2.12. The van der Waals surface area contributed by atoms with E-state index in [0.717, 1.165) is 17.7 Å². The van der Waals surface area contributed by atoms with Crippen LogP contribution < -0.4 is 19.7 Å². The number of anilines is 1. The summed E-state index contributed by atoms with van der Waals surface area (Å²) in [4.78, 5) is 38.5. The molecule has 2 aromatic rings. The van der Waals surface area contributed by atoms with Gasteiger partial charge in [0.15, 0.2) is 0 Å². The highest BCUT2D eigenvalue weighted by Crippen LogP contribution is 2.25. The van der Waals surface area contributed by atoms with Gasteiger partial charge in [0.1, 0.15) is 23.7 Å². The van der Waals surface area contributed by atoms with Gasteiger partial charge in [0, 0.05) is 0 Å². The molecule has 3 rings (SSSR count). The van der Waals surface area contributed by atoms with Gasteiger partial charge in [-0.3, -0.25) is 14.9 Å². The van der Waals surface area contributed by atoms with Crippen LogP contribution >= 0.6 is 0 Å². The summed E-state index contributed by atoms with van der Waals surface area (Å²) >= 11 is 0. The van der Waals surface area contributed by atoms with Crippen molar-refractivity contribution >= 4 is 29.6 Å². The molecule has 0 unspecified atom stereocenters. The lowest BCUT2D eigenvalue weighted by Gasteiger charge is -2.26. The SMILES string of the molecule is C#CCOc1ccc(/C=C2/C(=O)NC(=O)N(c3ccc(OCCCC)cc3)C2=O)cc1. The van der Waals surface area contributed by atoms with Crippen molar-refractivity contribution in [2.24, 2.45) is 0 Å². The molecule has 0 atom stereocenters. The number of carbonyl (C=O) groups is 3. The van der Waals surface area contributed by atoms with Crippen molar-refractivity contribution in [1.82, 2.24) is 5.32 Å². The molecule has 1 saturated heterocycles. The lowest BCUT2D eigenvalue weighted by Crippen LogP contribution is -2.54. The number of ether oxygens (including phenoxy) is 2. The number of nitrogens with zero attached hydrogens (tertiary/aromatic N) is 1. The molecule has 1 N–H and O–H groups in total. The molecular weight excluding hydrogens is 396 g/mol. The maximum absolute atomic E-state index is 13.0. The molecular formula is C24H22N2O5. The minimum absolute atomic E-state index is 0.140. The minimum Gasteiger partial charge on any atom is -0.494 e. The maximum atomic E-state index is 13.0. The van der Waals surface area contributed by atoms with E-state index in [4.69, 9.17) is 15.9 Å². The summed E-state index contributed by atoms with van der Waals surface area (Å²) in [6, 6.07) is 12.5. The molecule has 0 bridgehead atoms. The summed E-state index contributed by atoms with van der Waals surface area (Å²) in [6.45, 7) is 2.80. The third-order valence-corrected chi connectivity index (χ3v) is 4.48. The summed E-state index contributed by atoms with van der Waals surface area (Å²) < 4.78 is 10.9. The van der Waals surface area contributed by atoms with E-state index in [-0.39, 0.29) is 12.2 Å². The number of nitrogens with one attached hydrogen (secondary N) is 1. The van der Waals surface area contributed by atoms with E-state index >= 15 is 0 Å². The first kappa shape index (κ1) is 21.7. The lowest BCUT2D eigenvalue weighted by molar-refractivity contribution is -0.122. The Bertz CT molecular complexity index is 1030. The second kappa shape index (κ2) is 10.1. The number of imide groups is 2. The number of urea groups is 1. The van der Waals surface area contributed by atoms with Crippen molar-refractivity contribution in [3.63, 3.8) is 0 Å². The van der Waals surface area contributed by atoms with Gasteiger partial charge in [0.2, 0.25) is 0 Å². The van der Waals surface area contributed by atoms with Crippen LogP contribution in [0.4, 0.5) is 10.5 Å². The summed E-state index contributed by atoms with van der Waals surface area (Å²) in [6.07, 6.45) is 8.53.